The van der Waals surface area contributed by atoms with Crippen LogP contribution >= 0.6 is 11.6 Å². The Morgan fingerprint density at radius 2 is 2.10 bits per heavy atom. The zero-order chi connectivity index (χ0) is 16.3. The second-order valence-electron chi connectivity index (χ2n) is 4.60. The predicted molar refractivity (Wildman–Crippen MR) is 88.5 cm³/mol. The smallest absolute Gasteiger partial charge is 0.251 e. The Labute approximate surface area is 131 Å². The van der Waals surface area contributed by atoms with E-state index in [1.54, 1.807) is 13.0 Å². The summed E-state index contributed by atoms with van der Waals surface area (Å²) in [6, 6.07) is 7.49. The Hall–Kier alpha value is -1.61. The minimum Gasteiger partial charge on any atom is -0.351 e. The Bertz CT molecular complexity index is 485. The molecule has 116 valence electrons. The molecule has 0 aliphatic rings. The van der Waals surface area contributed by atoms with E-state index in [0.717, 1.165) is 5.56 Å². The lowest BCUT2D eigenvalue weighted by molar-refractivity contribution is 0.0949. The summed E-state index contributed by atoms with van der Waals surface area (Å²) in [5.74, 6) is 0.0116. The van der Waals surface area contributed by atoms with E-state index in [2.05, 4.69) is 11.9 Å². The molecule has 1 rings (SSSR count). The van der Waals surface area contributed by atoms with E-state index in [1.807, 2.05) is 38.1 Å². The fourth-order valence-electron chi connectivity index (χ4n) is 1.37. The van der Waals surface area contributed by atoms with E-state index in [-0.39, 0.29) is 18.5 Å². The van der Waals surface area contributed by atoms with Crippen LogP contribution in [0.15, 0.2) is 48.0 Å². The number of nitrogens with one attached hydrogen (secondary N) is 1. The summed E-state index contributed by atoms with van der Waals surface area (Å²) in [6.45, 7) is 9.44. The number of allylic oxidation sites excluding steroid dienone is 2. The van der Waals surface area contributed by atoms with Gasteiger partial charge in [0.15, 0.2) is 0 Å². The van der Waals surface area contributed by atoms with E-state index in [9.17, 15) is 9.18 Å². The van der Waals surface area contributed by atoms with Crippen LogP contribution in [0.3, 0.4) is 0 Å². The summed E-state index contributed by atoms with van der Waals surface area (Å²) in [5.41, 5.74) is 1.67. The van der Waals surface area contributed by atoms with Gasteiger partial charge < -0.3 is 5.32 Å². The monoisotopic (exact) mass is 311 g/mol. The zero-order valence-electron chi connectivity index (χ0n) is 12.8. The lowest BCUT2D eigenvalue weighted by Gasteiger charge is -2.11. The highest BCUT2D eigenvalue weighted by Gasteiger charge is 2.10. The highest BCUT2D eigenvalue weighted by molar-refractivity contribution is 6.29. The third-order valence-electron chi connectivity index (χ3n) is 2.82. The van der Waals surface area contributed by atoms with E-state index in [0.29, 0.717) is 17.1 Å². The summed E-state index contributed by atoms with van der Waals surface area (Å²) in [6.07, 6.45) is 3.14. The second-order valence-corrected chi connectivity index (χ2v) is 5.08. The van der Waals surface area contributed by atoms with Crippen molar-refractivity contribution in [2.75, 3.05) is 13.2 Å². The van der Waals surface area contributed by atoms with Crippen molar-refractivity contribution in [2.24, 2.45) is 5.92 Å². The molecule has 0 radical (unpaired) electrons. The molecule has 2 nitrogen and oxygen atoms in total. The summed E-state index contributed by atoms with van der Waals surface area (Å²) in [4.78, 5) is 11.8. The summed E-state index contributed by atoms with van der Waals surface area (Å²) < 4.78 is 10.9. The van der Waals surface area contributed by atoms with Crippen LogP contribution in [0.25, 0.3) is 0 Å². The molecule has 0 aromatic heterocycles. The Balaban J connectivity index is 0.000000690. The predicted octanol–water partition coefficient (Wildman–Crippen LogP) is 4.65. The number of benzene rings is 1. The van der Waals surface area contributed by atoms with E-state index in [1.165, 1.54) is 6.08 Å². The zero-order valence-corrected chi connectivity index (χ0v) is 13.6. The SMILES string of the molecule is C/C=C\CF.C=C(Cl)C(C)CNC(=O)c1ccccc1C. The number of carbonyl (C=O) groups is 1. The molecule has 0 fully saturated rings. The third kappa shape index (κ3) is 8.30. The van der Waals surface area contributed by atoms with E-state index in [4.69, 9.17) is 11.6 Å². The molecule has 0 bridgehead atoms. The first-order valence-electron chi connectivity index (χ1n) is 6.79. The van der Waals surface area contributed by atoms with Gasteiger partial charge >= 0.3 is 0 Å². The number of rotatable bonds is 5. The highest BCUT2D eigenvalue weighted by atomic mass is 35.5. The molecule has 1 aromatic carbocycles. The molecule has 21 heavy (non-hydrogen) atoms. The fraction of sp³-hybridized carbons (Fsp3) is 0.353. The van der Waals surface area contributed by atoms with Crippen LogP contribution in [-0.2, 0) is 0 Å². The second kappa shape index (κ2) is 11.1. The lowest BCUT2D eigenvalue weighted by atomic mass is 10.1. The summed E-state index contributed by atoms with van der Waals surface area (Å²) in [7, 11) is 0. The van der Waals surface area contributed by atoms with Crippen molar-refractivity contribution in [2.45, 2.75) is 20.8 Å². The van der Waals surface area contributed by atoms with Crippen LogP contribution in [0.5, 0.6) is 0 Å². The Kier molecular flexibility index (Phi) is 10.2. The van der Waals surface area contributed by atoms with Gasteiger partial charge in [-0.25, -0.2) is 4.39 Å². The number of amides is 1. The minimum atomic E-state index is -0.337. The van der Waals surface area contributed by atoms with Crippen LogP contribution in [0.4, 0.5) is 4.39 Å². The van der Waals surface area contributed by atoms with Gasteiger partial charge in [0.05, 0.1) is 0 Å². The van der Waals surface area contributed by atoms with Crippen molar-refractivity contribution >= 4 is 17.5 Å². The van der Waals surface area contributed by atoms with Gasteiger partial charge in [-0.05, 0) is 25.5 Å². The normalized spacial score (nSPS) is 11.5. The minimum absolute atomic E-state index is 0.0668. The van der Waals surface area contributed by atoms with Crippen molar-refractivity contribution in [3.8, 4) is 0 Å². The molecule has 0 spiro atoms. The number of aryl methyl sites for hydroxylation is 1. The number of hydrogen-bond donors (Lipinski definition) is 1. The van der Waals surface area contributed by atoms with Gasteiger partial charge in [0, 0.05) is 23.1 Å². The molecule has 0 saturated heterocycles. The molecule has 1 aromatic rings. The van der Waals surface area contributed by atoms with E-state index < -0.39 is 0 Å². The standard InChI is InChI=1S/C13H16ClNO.C4H7F/c1-9-6-4-5-7-12(9)13(16)15-8-10(2)11(3)14;1-2-3-4-5/h4-7,10H,3,8H2,1-2H3,(H,15,16);2-3H,4H2,1H3/b;3-2-. The fourth-order valence-corrected chi connectivity index (χ4v) is 1.45. The Morgan fingerprint density at radius 3 is 2.52 bits per heavy atom. The molecule has 4 heteroatoms. The van der Waals surface area contributed by atoms with Gasteiger partial charge in [-0.1, -0.05) is 55.5 Å². The molecule has 0 heterocycles. The molecular weight excluding hydrogens is 289 g/mol. The summed E-state index contributed by atoms with van der Waals surface area (Å²) >= 11 is 5.74. The van der Waals surface area contributed by atoms with Crippen molar-refractivity contribution in [1.82, 2.24) is 5.32 Å². The molecule has 0 aliphatic heterocycles. The summed E-state index contributed by atoms with van der Waals surface area (Å²) in [5, 5.41) is 3.40. The van der Waals surface area contributed by atoms with Crippen LogP contribution < -0.4 is 5.32 Å². The largest absolute Gasteiger partial charge is 0.351 e. The molecular formula is C17H23ClFNO. The van der Waals surface area contributed by atoms with Crippen LogP contribution in [0.1, 0.15) is 29.8 Å². The lowest BCUT2D eigenvalue weighted by Crippen LogP contribution is -2.28. The first-order chi connectivity index (χ1) is 9.93. The maximum Gasteiger partial charge on any atom is 0.251 e. The number of hydrogen-bond acceptors (Lipinski definition) is 1. The Morgan fingerprint density at radius 1 is 1.48 bits per heavy atom. The number of carbonyl (C=O) groups excluding carboxylic acids is 1. The number of alkyl halides is 1. The molecule has 0 saturated carbocycles. The first-order valence-corrected chi connectivity index (χ1v) is 7.17. The van der Waals surface area contributed by atoms with Crippen LogP contribution in [-0.4, -0.2) is 19.1 Å². The van der Waals surface area contributed by atoms with Gasteiger partial charge in [-0.15, -0.1) is 0 Å². The van der Waals surface area contributed by atoms with Crippen LogP contribution in [0, 0.1) is 12.8 Å². The van der Waals surface area contributed by atoms with Gasteiger partial charge in [0.1, 0.15) is 6.67 Å². The van der Waals surface area contributed by atoms with Crippen LogP contribution in [0.2, 0.25) is 0 Å². The van der Waals surface area contributed by atoms with Gasteiger partial charge in [-0.2, -0.15) is 0 Å². The van der Waals surface area contributed by atoms with Gasteiger partial charge in [-0.3, -0.25) is 4.79 Å². The highest BCUT2D eigenvalue weighted by Crippen LogP contribution is 2.11. The molecule has 1 unspecified atom stereocenters. The molecule has 1 N–H and O–H groups in total. The van der Waals surface area contributed by atoms with Crippen molar-refractivity contribution in [3.05, 3.63) is 59.2 Å². The number of halogens is 2. The maximum absolute atomic E-state index is 11.8. The van der Waals surface area contributed by atoms with Crippen molar-refractivity contribution < 1.29 is 9.18 Å². The van der Waals surface area contributed by atoms with Crippen molar-refractivity contribution in [1.29, 1.82) is 0 Å². The average Bonchev–Trinajstić information content (AvgIpc) is 2.46. The first kappa shape index (κ1) is 19.4. The van der Waals surface area contributed by atoms with E-state index >= 15 is 0 Å². The van der Waals surface area contributed by atoms with Gasteiger partial charge in [0.2, 0.25) is 0 Å². The van der Waals surface area contributed by atoms with Gasteiger partial charge in [0.25, 0.3) is 5.91 Å². The molecule has 1 amide bonds. The molecule has 0 aliphatic carbocycles. The topological polar surface area (TPSA) is 29.1 Å². The maximum atomic E-state index is 11.8. The average molecular weight is 312 g/mol. The molecule has 1 atom stereocenters. The van der Waals surface area contributed by atoms with Crippen molar-refractivity contribution in [3.63, 3.8) is 0 Å². The quantitative estimate of drug-likeness (QED) is 0.788. The third-order valence-corrected chi connectivity index (χ3v) is 3.19.